The zero-order valence-corrected chi connectivity index (χ0v) is 20.7. The number of amides is 1. The summed E-state index contributed by atoms with van der Waals surface area (Å²) >= 11 is 0. The van der Waals surface area contributed by atoms with Crippen molar-refractivity contribution in [1.29, 1.82) is 0 Å². The number of methoxy groups -OCH3 is 2. The summed E-state index contributed by atoms with van der Waals surface area (Å²) in [7, 11) is 3.28. The molecule has 0 fully saturated rings. The van der Waals surface area contributed by atoms with Crippen LogP contribution in [0.4, 0.5) is 0 Å². The van der Waals surface area contributed by atoms with E-state index in [1.165, 1.54) is 10.8 Å². The predicted octanol–water partition coefficient (Wildman–Crippen LogP) is 7.02. The number of nitrogens with one attached hydrogen (secondary N) is 1. The van der Waals surface area contributed by atoms with Crippen LogP contribution in [0.3, 0.4) is 0 Å². The van der Waals surface area contributed by atoms with Gasteiger partial charge >= 0.3 is 0 Å². The first-order chi connectivity index (χ1) is 17.6. The van der Waals surface area contributed by atoms with E-state index in [0.29, 0.717) is 11.5 Å². The van der Waals surface area contributed by atoms with Gasteiger partial charge in [-0.1, -0.05) is 78.9 Å². The maximum atomic E-state index is 13.7. The molecule has 0 aliphatic carbocycles. The second kappa shape index (κ2) is 10.1. The van der Waals surface area contributed by atoms with Crippen LogP contribution in [0, 0.1) is 0 Å². The summed E-state index contributed by atoms with van der Waals surface area (Å²) in [4.78, 5) is 13.7. The van der Waals surface area contributed by atoms with Crippen molar-refractivity contribution in [1.82, 2.24) is 5.32 Å². The average molecular weight is 476 g/mol. The molecule has 0 radical (unpaired) electrons. The largest absolute Gasteiger partial charge is 0.496 e. The number of hydrogen-bond donors (Lipinski definition) is 1. The molecule has 1 amide bonds. The van der Waals surface area contributed by atoms with Crippen molar-refractivity contribution < 1.29 is 14.3 Å². The highest BCUT2D eigenvalue weighted by molar-refractivity contribution is 5.99. The Morgan fingerprint density at radius 1 is 0.639 bits per heavy atom. The number of para-hydroxylation sites is 2. The first-order valence-electron chi connectivity index (χ1n) is 12.1. The van der Waals surface area contributed by atoms with E-state index in [9.17, 15) is 4.79 Å². The third-order valence-corrected chi connectivity index (χ3v) is 6.81. The van der Waals surface area contributed by atoms with Gasteiger partial charge in [-0.3, -0.25) is 4.79 Å². The molecule has 1 N–H and O–H groups in total. The Bertz CT molecular complexity index is 1490. The highest BCUT2D eigenvalue weighted by Gasteiger charge is 2.26. The van der Waals surface area contributed by atoms with Crippen LogP contribution in [0.1, 0.15) is 35.6 Å². The van der Waals surface area contributed by atoms with E-state index in [0.717, 1.165) is 27.5 Å². The van der Waals surface area contributed by atoms with E-state index in [2.05, 4.69) is 47.8 Å². The zero-order chi connectivity index (χ0) is 25.1. The van der Waals surface area contributed by atoms with E-state index >= 15 is 0 Å². The number of fused-ring (bicyclic) bond motifs is 2. The SMILES string of the molecule is COc1ccccc1C(NC(=O)C(C)c1ccc2cc3ccccc3cc2c1)c1ccccc1OC. The molecule has 0 saturated carbocycles. The maximum absolute atomic E-state index is 13.7. The van der Waals surface area contributed by atoms with Gasteiger partial charge in [0, 0.05) is 11.1 Å². The fourth-order valence-electron chi connectivity index (χ4n) is 4.78. The lowest BCUT2D eigenvalue weighted by Gasteiger charge is -2.25. The number of rotatable bonds is 7. The van der Waals surface area contributed by atoms with Gasteiger partial charge in [-0.15, -0.1) is 0 Å². The molecule has 0 bridgehead atoms. The molecule has 4 nitrogen and oxygen atoms in total. The molecule has 0 aliphatic heterocycles. The number of carbonyl (C=O) groups excluding carboxylic acids is 1. The van der Waals surface area contributed by atoms with Crippen LogP contribution in [0.5, 0.6) is 11.5 Å². The van der Waals surface area contributed by atoms with E-state index in [4.69, 9.17) is 9.47 Å². The fraction of sp³-hybridized carbons (Fsp3) is 0.156. The Morgan fingerprint density at radius 3 is 1.72 bits per heavy atom. The van der Waals surface area contributed by atoms with E-state index < -0.39 is 6.04 Å². The minimum Gasteiger partial charge on any atom is -0.496 e. The summed E-state index contributed by atoms with van der Waals surface area (Å²) < 4.78 is 11.3. The minimum atomic E-state index is -0.434. The van der Waals surface area contributed by atoms with Gasteiger partial charge in [0.2, 0.25) is 5.91 Å². The van der Waals surface area contributed by atoms with Crippen molar-refractivity contribution in [2.24, 2.45) is 0 Å². The van der Waals surface area contributed by atoms with Crippen LogP contribution in [-0.4, -0.2) is 20.1 Å². The number of ether oxygens (including phenoxy) is 2. The number of hydrogen-bond acceptors (Lipinski definition) is 3. The highest BCUT2D eigenvalue weighted by Crippen LogP contribution is 2.35. The zero-order valence-electron chi connectivity index (χ0n) is 20.7. The molecule has 4 heteroatoms. The summed E-state index contributed by atoms with van der Waals surface area (Å²) in [6, 6.07) is 34.0. The lowest BCUT2D eigenvalue weighted by Crippen LogP contribution is -2.33. The second-order valence-electron chi connectivity index (χ2n) is 8.95. The van der Waals surface area contributed by atoms with Crippen molar-refractivity contribution in [2.75, 3.05) is 14.2 Å². The first kappa shape index (κ1) is 23.4. The normalized spacial score (nSPS) is 12.0. The molecule has 5 aromatic carbocycles. The minimum absolute atomic E-state index is 0.0723. The molecule has 0 aromatic heterocycles. The Kier molecular flexibility index (Phi) is 6.59. The first-order valence-corrected chi connectivity index (χ1v) is 12.1. The van der Waals surface area contributed by atoms with Gasteiger partial charge in [-0.05, 0) is 58.3 Å². The van der Waals surface area contributed by atoms with Crippen LogP contribution in [0.2, 0.25) is 0 Å². The van der Waals surface area contributed by atoms with E-state index in [1.807, 2.05) is 67.6 Å². The Balaban J connectivity index is 1.50. The van der Waals surface area contributed by atoms with Crippen LogP contribution in [-0.2, 0) is 4.79 Å². The van der Waals surface area contributed by atoms with Gasteiger partial charge in [-0.25, -0.2) is 0 Å². The molecule has 0 saturated heterocycles. The van der Waals surface area contributed by atoms with Crippen LogP contribution in [0.25, 0.3) is 21.5 Å². The number of benzene rings is 5. The Labute approximate surface area is 211 Å². The molecule has 1 unspecified atom stereocenters. The van der Waals surface area contributed by atoms with E-state index in [1.54, 1.807) is 14.2 Å². The van der Waals surface area contributed by atoms with Gasteiger partial charge in [0.25, 0.3) is 0 Å². The smallest absolute Gasteiger partial charge is 0.228 e. The van der Waals surface area contributed by atoms with Gasteiger partial charge in [0.05, 0.1) is 26.2 Å². The summed E-state index contributed by atoms with van der Waals surface area (Å²) in [5.74, 6) is 0.989. The van der Waals surface area contributed by atoms with Crippen molar-refractivity contribution in [3.8, 4) is 11.5 Å². The van der Waals surface area contributed by atoms with Gasteiger partial charge in [0.1, 0.15) is 11.5 Å². The highest BCUT2D eigenvalue weighted by atomic mass is 16.5. The molecule has 0 spiro atoms. The van der Waals surface area contributed by atoms with Crippen molar-refractivity contribution in [3.05, 3.63) is 120 Å². The van der Waals surface area contributed by atoms with Crippen molar-refractivity contribution >= 4 is 27.5 Å². The van der Waals surface area contributed by atoms with Crippen LogP contribution >= 0.6 is 0 Å². The van der Waals surface area contributed by atoms with Crippen LogP contribution in [0.15, 0.2) is 103 Å². The Hall–Kier alpha value is -4.31. The second-order valence-corrected chi connectivity index (χ2v) is 8.95. The molecule has 36 heavy (non-hydrogen) atoms. The Morgan fingerprint density at radius 2 is 1.14 bits per heavy atom. The summed E-state index contributed by atoms with van der Waals surface area (Å²) in [6.45, 7) is 1.94. The quantitative estimate of drug-likeness (QED) is 0.257. The topological polar surface area (TPSA) is 47.6 Å². The molecule has 5 rings (SSSR count). The van der Waals surface area contributed by atoms with E-state index in [-0.39, 0.29) is 11.8 Å². The third-order valence-electron chi connectivity index (χ3n) is 6.81. The molecule has 1 atom stereocenters. The van der Waals surface area contributed by atoms with Crippen molar-refractivity contribution in [3.63, 3.8) is 0 Å². The van der Waals surface area contributed by atoms with Crippen molar-refractivity contribution in [2.45, 2.75) is 18.9 Å². The molecule has 180 valence electrons. The van der Waals surface area contributed by atoms with Gasteiger partial charge < -0.3 is 14.8 Å². The summed E-state index contributed by atoms with van der Waals surface area (Å²) in [5, 5.41) is 7.95. The monoisotopic (exact) mass is 475 g/mol. The standard InChI is InChI=1S/C32H29NO3/c1-21(22-16-17-25-19-23-10-4-5-11-24(23)20-26(25)18-22)32(34)33-31(27-12-6-8-14-29(27)35-2)28-13-7-9-15-30(28)36-3/h4-21,31H,1-3H3,(H,33,34). The summed E-state index contributed by atoms with van der Waals surface area (Å²) in [6.07, 6.45) is 0. The molecule has 5 aromatic rings. The molecule has 0 heterocycles. The third kappa shape index (κ3) is 4.50. The van der Waals surface area contributed by atoms with Gasteiger partial charge in [-0.2, -0.15) is 0 Å². The predicted molar refractivity (Wildman–Crippen MR) is 146 cm³/mol. The average Bonchev–Trinajstić information content (AvgIpc) is 2.93. The molecular formula is C32H29NO3. The van der Waals surface area contributed by atoms with Crippen LogP contribution < -0.4 is 14.8 Å². The number of carbonyl (C=O) groups is 1. The fourth-order valence-corrected chi connectivity index (χ4v) is 4.78. The maximum Gasteiger partial charge on any atom is 0.228 e. The lowest BCUT2D eigenvalue weighted by molar-refractivity contribution is -0.122. The lowest BCUT2D eigenvalue weighted by atomic mass is 9.93. The molecule has 0 aliphatic rings. The summed E-state index contributed by atoms with van der Waals surface area (Å²) in [5.41, 5.74) is 2.71. The van der Waals surface area contributed by atoms with Gasteiger partial charge in [0.15, 0.2) is 0 Å². The molecular weight excluding hydrogens is 446 g/mol.